The maximum atomic E-state index is 12.3. The Morgan fingerprint density at radius 2 is 1.84 bits per heavy atom. The number of carbonyl (C=O) groups excluding carboxylic acids is 1. The summed E-state index contributed by atoms with van der Waals surface area (Å²) < 4.78 is 11.2. The summed E-state index contributed by atoms with van der Waals surface area (Å²) >= 11 is 5.92. The highest BCUT2D eigenvalue weighted by molar-refractivity contribution is 6.30. The molecule has 4 nitrogen and oxygen atoms in total. The molecule has 25 heavy (non-hydrogen) atoms. The maximum absolute atomic E-state index is 12.3. The fourth-order valence-corrected chi connectivity index (χ4v) is 2.54. The van der Waals surface area contributed by atoms with Crippen LogP contribution in [0, 0.1) is 13.8 Å². The van der Waals surface area contributed by atoms with Crippen LogP contribution in [0.1, 0.15) is 27.4 Å². The van der Waals surface area contributed by atoms with E-state index in [-0.39, 0.29) is 18.3 Å². The number of aryl methyl sites for hydroxylation is 2. The van der Waals surface area contributed by atoms with Crippen LogP contribution in [0.3, 0.4) is 0 Å². The molecule has 5 heteroatoms. The highest BCUT2D eigenvalue weighted by atomic mass is 35.5. The number of ether oxygens (including phenoxy) is 1. The fraction of sp³-hybridized carbons (Fsp3) is 0.150. The monoisotopic (exact) mass is 355 g/mol. The molecule has 2 aromatic carbocycles. The van der Waals surface area contributed by atoms with Crippen LogP contribution in [-0.4, -0.2) is 5.91 Å². The number of anilines is 1. The molecular formula is C20H18ClNO3. The molecule has 0 fully saturated rings. The second-order valence-electron chi connectivity index (χ2n) is 5.78. The van der Waals surface area contributed by atoms with Gasteiger partial charge in [0.2, 0.25) is 0 Å². The van der Waals surface area contributed by atoms with E-state index in [9.17, 15) is 4.79 Å². The summed E-state index contributed by atoms with van der Waals surface area (Å²) in [5.41, 5.74) is 2.75. The Morgan fingerprint density at radius 3 is 2.56 bits per heavy atom. The normalized spacial score (nSPS) is 10.5. The number of nitrogens with one attached hydrogen (secondary N) is 1. The summed E-state index contributed by atoms with van der Waals surface area (Å²) in [4.78, 5) is 12.3. The number of carbonyl (C=O) groups is 1. The first-order valence-corrected chi connectivity index (χ1v) is 8.25. The van der Waals surface area contributed by atoms with Gasteiger partial charge in [-0.05, 0) is 61.9 Å². The molecule has 0 unspecified atom stereocenters. The molecule has 0 radical (unpaired) electrons. The first-order valence-electron chi connectivity index (χ1n) is 7.87. The summed E-state index contributed by atoms with van der Waals surface area (Å²) in [5.74, 6) is 1.26. The molecular weight excluding hydrogens is 338 g/mol. The van der Waals surface area contributed by atoms with Crippen LogP contribution in [0.5, 0.6) is 5.75 Å². The van der Waals surface area contributed by atoms with Gasteiger partial charge < -0.3 is 14.5 Å². The Morgan fingerprint density at radius 1 is 1.08 bits per heavy atom. The molecule has 0 saturated carbocycles. The average Bonchev–Trinajstić information content (AvgIpc) is 3.06. The first kappa shape index (κ1) is 17.1. The zero-order chi connectivity index (χ0) is 17.8. The minimum Gasteiger partial charge on any atom is -0.486 e. The van der Waals surface area contributed by atoms with Crippen molar-refractivity contribution in [1.82, 2.24) is 0 Å². The van der Waals surface area contributed by atoms with Gasteiger partial charge in [0.1, 0.15) is 18.1 Å². The average molecular weight is 356 g/mol. The first-order chi connectivity index (χ1) is 12.0. The van der Waals surface area contributed by atoms with Crippen LogP contribution >= 0.6 is 11.6 Å². The molecule has 0 aliphatic rings. The molecule has 0 aliphatic carbocycles. The largest absolute Gasteiger partial charge is 0.486 e. The number of hydrogen-bond acceptors (Lipinski definition) is 3. The van der Waals surface area contributed by atoms with Gasteiger partial charge in [-0.25, -0.2) is 0 Å². The van der Waals surface area contributed by atoms with Gasteiger partial charge in [0.15, 0.2) is 5.76 Å². The van der Waals surface area contributed by atoms with Gasteiger partial charge in [-0.3, -0.25) is 4.79 Å². The van der Waals surface area contributed by atoms with Crippen molar-refractivity contribution in [2.75, 3.05) is 5.32 Å². The molecule has 0 atom stereocenters. The van der Waals surface area contributed by atoms with E-state index in [2.05, 4.69) is 5.32 Å². The molecule has 0 saturated heterocycles. The van der Waals surface area contributed by atoms with Gasteiger partial charge in [0.05, 0.1) is 0 Å². The lowest BCUT2D eigenvalue weighted by Crippen LogP contribution is -2.11. The van der Waals surface area contributed by atoms with E-state index < -0.39 is 0 Å². The Balaban J connectivity index is 1.62. The maximum Gasteiger partial charge on any atom is 0.291 e. The van der Waals surface area contributed by atoms with E-state index >= 15 is 0 Å². The van der Waals surface area contributed by atoms with Gasteiger partial charge in [0, 0.05) is 10.7 Å². The molecule has 1 N–H and O–H groups in total. The second-order valence-corrected chi connectivity index (χ2v) is 6.22. The minimum atomic E-state index is -0.313. The lowest BCUT2D eigenvalue weighted by Gasteiger charge is -2.07. The van der Waals surface area contributed by atoms with Crippen molar-refractivity contribution in [3.8, 4) is 5.75 Å². The number of rotatable bonds is 5. The third-order valence-electron chi connectivity index (χ3n) is 3.72. The zero-order valence-electron chi connectivity index (χ0n) is 14.0. The van der Waals surface area contributed by atoms with Gasteiger partial charge in [-0.2, -0.15) is 0 Å². The lowest BCUT2D eigenvalue weighted by molar-refractivity contribution is 0.0992. The van der Waals surface area contributed by atoms with Gasteiger partial charge in [-0.1, -0.05) is 29.3 Å². The Hall–Kier alpha value is -2.72. The lowest BCUT2D eigenvalue weighted by atomic mass is 10.2. The van der Waals surface area contributed by atoms with Crippen molar-refractivity contribution in [2.45, 2.75) is 20.5 Å². The topological polar surface area (TPSA) is 51.5 Å². The Labute approximate surface area is 151 Å². The van der Waals surface area contributed by atoms with E-state index in [1.807, 2.05) is 38.1 Å². The molecule has 1 amide bonds. The van der Waals surface area contributed by atoms with E-state index in [4.69, 9.17) is 20.8 Å². The standard InChI is InChI=1S/C20H18ClNO3/c1-13-3-6-16(7-4-13)24-12-17-8-10-19(25-17)20(23)22-18-9-5-15(21)11-14(18)2/h3-11H,12H2,1-2H3,(H,22,23). The number of furan rings is 1. The highest BCUT2D eigenvalue weighted by Crippen LogP contribution is 2.21. The van der Waals surface area contributed by atoms with E-state index in [0.29, 0.717) is 16.5 Å². The van der Waals surface area contributed by atoms with Crippen LogP contribution in [0.2, 0.25) is 5.02 Å². The predicted octanol–water partition coefficient (Wildman–Crippen LogP) is 5.38. The van der Waals surface area contributed by atoms with Gasteiger partial charge >= 0.3 is 0 Å². The van der Waals surface area contributed by atoms with Crippen LogP contribution in [0.4, 0.5) is 5.69 Å². The van der Waals surface area contributed by atoms with E-state index in [1.165, 1.54) is 5.56 Å². The van der Waals surface area contributed by atoms with Crippen molar-refractivity contribution in [1.29, 1.82) is 0 Å². The van der Waals surface area contributed by atoms with Crippen molar-refractivity contribution < 1.29 is 13.9 Å². The number of hydrogen-bond donors (Lipinski definition) is 1. The summed E-state index contributed by atoms with van der Waals surface area (Å²) in [6.07, 6.45) is 0. The Bertz CT molecular complexity index is 884. The molecule has 128 valence electrons. The van der Waals surface area contributed by atoms with Gasteiger partial charge in [0.25, 0.3) is 5.91 Å². The summed E-state index contributed by atoms with van der Waals surface area (Å²) in [5, 5.41) is 3.44. The van der Waals surface area contributed by atoms with Crippen LogP contribution in [0.15, 0.2) is 59.0 Å². The summed E-state index contributed by atoms with van der Waals surface area (Å²) in [6.45, 7) is 4.16. The highest BCUT2D eigenvalue weighted by Gasteiger charge is 2.13. The summed E-state index contributed by atoms with van der Waals surface area (Å²) in [7, 11) is 0. The molecule has 0 spiro atoms. The fourth-order valence-electron chi connectivity index (χ4n) is 2.32. The summed E-state index contributed by atoms with van der Waals surface area (Å²) in [6, 6.07) is 16.4. The van der Waals surface area contributed by atoms with Crippen LogP contribution < -0.4 is 10.1 Å². The number of benzene rings is 2. The number of halogens is 1. The quantitative estimate of drug-likeness (QED) is 0.668. The van der Waals surface area contributed by atoms with Crippen molar-refractivity contribution in [3.63, 3.8) is 0 Å². The zero-order valence-corrected chi connectivity index (χ0v) is 14.8. The third-order valence-corrected chi connectivity index (χ3v) is 3.96. The SMILES string of the molecule is Cc1ccc(OCc2ccc(C(=O)Nc3ccc(Cl)cc3C)o2)cc1. The van der Waals surface area contributed by atoms with E-state index in [0.717, 1.165) is 11.3 Å². The van der Waals surface area contributed by atoms with Crippen molar-refractivity contribution >= 4 is 23.2 Å². The molecule has 3 rings (SSSR count). The Kier molecular flexibility index (Phi) is 5.10. The second kappa shape index (κ2) is 7.45. The third kappa shape index (κ3) is 4.43. The number of amides is 1. The smallest absolute Gasteiger partial charge is 0.291 e. The van der Waals surface area contributed by atoms with Crippen LogP contribution in [0.25, 0.3) is 0 Å². The van der Waals surface area contributed by atoms with Crippen molar-refractivity contribution in [3.05, 3.63) is 82.3 Å². The molecule has 0 bridgehead atoms. The molecule has 1 heterocycles. The molecule has 3 aromatic rings. The minimum absolute atomic E-state index is 0.233. The molecule has 0 aliphatic heterocycles. The van der Waals surface area contributed by atoms with Crippen LogP contribution in [-0.2, 0) is 6.61 Å². The molecule has 1 aromatic heterocycles. The van der Waals surface area contributed by atoms with Gasteiger partial charge in [-0.15, -0.1) is 0 Å². The van der Waals surface area contributed by atoms with Crippen molar-refractivity contribution in [2.24, 2.45) is 0 Å². The van der Waals surface area contributed by atoms with E-state index in [1.54, 1.807) is 30.3 Å². The predicted molar refractivity (Wildman–Crippen MR) is 98.4 cm³/mol.